The van der Waals surface area contributed by atoms with E-state index in [-0.39, 0.29) is 24.7 Å². The van der Waals surface area contributed by atoms with E-state index in [1.54, 1.807) is 13.8 Å². The molecule has 10 heteroatoms. The van der Waals surface area contributed by atoms with Crippen LogP contribution in [0.25, 0.3) is 0 Å². The molecule has 1 fully saturated rings. The van der Waals surface area contributed by atoms with Crippen molar-refractivity contribution in [2.75, 3.05) is 0 Å². The van der Waals surface area contributed by atoms with Crippen LogP contribution in [0.15, 0.2) is 60.7 Å². The van der Waals surface area contributed by atoms with Gasteiger partial charge in [0.25, 0.3) is 0 Å². The van der Waals surface area contributed by atoms with Crippen LogP contribution in [0.4, 0.5) is 0 Å². The van der Waals surface area contributed by atoms with Crippen molar-refractivity contribution in [3.8, 4) is 0 Å². The molecule has 0 bridgehead atoms. The maximum absolute atomic E-state index is 13.7. The Kier molecular flexibility index (Phi) is 11.6. The summed E-state index contributed by atoms with van der Waals surface area (Å²) in [6.45, 7) is 8.96. The van der Waals surface area contributed by atoms with E-state index in [4.69, 9.17) is 0 Å². The fourth-order valence-corrected chi connectivity index (χ4v) is 4.82. The second-order valence-electron chi connectivity index (χ2n) is 11.7. The average molecular weight is 578 g/mol. The maximum atomic E-state index is 13.7. The number of benzene rings is 2. The number of hydrogen-bond acceptors (Lipinski definition) is 5. The van der Waals surface area contributed by atoms with Gasteiger partial charge in [-0.05, 0) is 36.3 Å². The molecule has 1 aliphatic heterocycles. The lowest BCUT2D eigenvalue weighted by molar-refractivity contribution is -0.134. The van der Waals surface area contributed by atoms with Gasteiger partial charge in [0.05, 0.1) is 0 Å². The molecule has 3 rings (SSSR count). The van der Waals surface area contributed by atoms with E-state index >= 15 is 0 Å². The normalized spacial score (nSPS) is 24.5. The lowest BCUT2D eigenvalue weighted by Crippen LogP contribution is -2.59. The number of hydrogen-bond donors (Lipinski definition) is 5. The Morgan fingerprint density at radius 2 is 0.976 bits per heavy atom. The lowest BCUT2D eigenvalue weighted by Gasteiger charge is -2.28. The van der Waals surface area contributed by atoms with Crippen molar-refractivity contribution in [3.63, 3.8) is 0 Å². The van der Waals surface area contributed by atoms with Gasteiger partial charge < -0.3 is 26.6 Å². The maximum Gasteiger partial charge on any atom is 0.243 e. The Hall–Kier alpha value is -4.21. The first-order valence-electron chi connectivity index (χ1n) is 14.5. The van der Waals surface area contributed by atoms with Crippen molar-refractivity contribution < 1.29 is 24.0 Å². The van der Waals surface area contributed by atoms with Crippen LogP contribution in [0.2, 0.25) is 0 Å². The second-order valence-corrected chi connectivity index (χ2v) is 11.7. The molecule has 0 saturated carbocycles. The molecule has 0 radical (unpaired) electrons. The highest BCUT2D eigenvalue weighted by Gasteiger charge is 2.34. The van der Waals surface area contributed by atoms with Crippen molar-refractivity contribution in [1.29, 1.82) is 0 Å². The zero-order valence-corrected chi connectivity index (χ0v) is 25.0. The molecule has 1 heterocycles. The largest absolute Gasteiger partial charge is 0.343 e. The Balaban J connectivity index is 2.02. The molecule has 0 aromatic heterocycles. The fourth-order valence-electron chi connectivity index (χ4n) is 4.82. The van der Waals surface area contributed by atoms with E-state index in [0.29, 0.717) is 6.42 Å². The Bertz CT molecular complexity index is 1230. The topological polar surface area (TPSA) is 146 Å². The van der Waals surface area contributed by atoms with E-state index in [2.05, 4.69) is 26.6 Å². The number of nitrogens with one attached hydrogen (secondary N) is 5. The first-order chi connectivity index (χ1) is 19.9. The van der Waals surface area contributed by atoms with Crippen LogP contribution in [0.3, 0.4) is 0 Å². The van der Waals surface area contributed by atoms with E-state index in [9.17, 15) is 24.0 Å². The van der Waals surface area contributed by atoms with E-state index in [1.165, 1.54) is 6.92 Å². The van der Waals surface area contributed by atoms with Crippen LogP contribution in [-0.2, 0) is 36.8 Å². The summed E-state index contributed by atoms with van der Waals surface area (Å²) in [5.74, 6) is -2.95. The third kappa shape index (κ3) is 9.43. The number of amides is 5. The van der Waals surface area contributed by atoms with Crippen LogP contribution < -0.4 is 26.6 Å². The zero-order valence-electron chi connectivity index (χ0n) is 25.0. The summed E-state index contributed by atoms with van der Waals surface area (Å²) in [7, 11) is 0. The van der Waals surface area contributed by atoms with E-state index in [1.807, 2.05) is 74.5 Å². The fraction of sp³-hybridized carbons (Fsp3) is 0.469. The third-order valence-electron chi connectivity index (χ3n) is 7.17. The van der Waals surface area contributed by atoms with Gasteiger partial charge in [0.1, 0.15) is 30.2 Å². The van der Waals surface area contributed by atoms with Gasteiger partial charge in [-0.15, -0.1) is 0 Å². The molecule has 0 spiro atoms. The minimum Gasteiger partial charge on any atom is -0.343 e. The summed E-state index contributed by atoms with van der Waals surface area (Å²) < 4.78 is 0. The van der Waals surface area contributed by atoms with Gasteiger partial charge in [-0.1, -0.05) is 88.4 Å². The molecule has 1 saturated heterocycles. The summed E-state index contributed by atoms with van der Waals surface area (Å²) in [5.41, 5.74) is 1.62. The van der Waals surface area contributed by atoms with E-state index < -0.39 is 59.7 Å². The zero-order chi connectivity index (χ0) is 30.8. The summed E-state index contributed by atoms with van der Waals surface area (Å²) in [6.07, 6.45) is 0.671. The summed E-state index contributed by atoms with van der Waals surface area (Å²) in [4.78, 5) is 67.3. The van der Waals surface area contributed by atoms with Crippen LogP contribution in [0, 0.1) is 11.8 Å². The minimum atomic E-state index is -1.03. The van der Waals surface area contributed by atoms with Crippen molar-refractivity contribution in [2.45, 2.75) is 84.1 Å². The molecule has 0 unspecified atom stereocenters. The van der Waals surface area contributed by atoms with Crippen LogP contribution in [-0.4, -0.2) is 59.7 Å². The smallest absolute Gasteiger partial charge is 0.243 e. The highest BCUT2D eigenvalue weighted by atomic mass is 16.2. The van der Waals surface area contributed by atoms with Gasteiger partial charge in [0.15, 0.2) is 0 Å². The van der Waals surface area contributed by atoms with Crippen LogP contribution >= 0.6 is 0 Å². The number of carbonyl (C=O) groups is 5. The first kappa shape index (κ1) is 32.3. The highest BCUT2D eigenvalue weighted by molar-refractivity contribution is 5.98. The molecule has 5 atom stereocenters. The van der Waals surface area contributed by atoms with Crippen molar-refractivity contribution in [3.05, 3.63) is 71.8 Å². The molecule has 2 aromatic rings. The van der Waals surface area contributed by atoms with Gasteiger partial charge in [-0.2, -0.15) is 0 Å². The molecule has 226 valence electrons. The van der Waals surface area contributed by atoms with Crippen LogP contribution in [0.5, 0.6) is 0 Å². The average Bonchev–Trinajstić information content (AvgIpc) is 2.94. The standard InChI is InChI=1S/C32H43N5O5/c1-19(2)16-24-31(41)37-27(20(3)4)32(42)36-26(18-23-14-10-7-11-15-23)30(40)35-25(17-22-12-8-6-9-13-22)29(39)33-21(5)28(38)34-24/h6-15,19-21,24-27H,16-18H2,1-5H3,(H,33,39)(H,34,38)(H,35,40)(H,36,42)(H,37,41)/t21-,24-,25-,26-,27-/m0/s1. The number of carbonyl (C=O) groups excluding carboxylic acids is 5. The lowest BCUT2D eigenvalue weighted by atomic mass is 9.98. The third-order valence-corrected chi connectivity index (χ3v) is 7.17. The molecule has 1 aliphatic rings. The molecular formula is C32H43N5O5. The van der Waals surface area contributed by atoms with Crippen molar-refractivity contribution in [1.82, 2.24) is 26.6 Å². The first-order valence-corrected chi connectivity index (χ1v) is 14.5. The quantitative estimate of drug-likeness (QED) is 0.340. The van der Waals surface area contributed by atoms with E-state index in [0.717, 1.165) is 11.1 Å². The van der Waals surface area contributed by atoms with Crippen molar-refractivity contribution in [2.24, 2.45) is 11.8 Å². The Morgan fingerprint density at radius 1 is 0.548 bits per heavy atom. The van der Waals surface area contributed by atoms with Crippen molar-refractivity contribution >= 4 is 29.5 Å². The second kappa shape index (κ2) is 15.1. The molecule has 5 N–H and O–H groups in total. The SMILES string of the molecule is CC(C)C[C@@H]1NC(=O)[C@H](C)NC(=O)[C@H](Cc2ccccc2)NC(=O)[C@H](Cc2ccccc2)NC(=O)[C@H](C(C)C)NC1=O. The molecule has 5 amide bonds. The molecular weight excluding hydrogens is 534 g/mol. The highest BCUT2D eigenvalue weighted by Crippen LogP contribution is 2.12. The summed E-state index contributed by atoms with van der Waals surface area (Å²) in [6, 6.07) is 13.5. The van der Waals surface area contributed by atoms with Gasteiger partial charge >= 0.3 is 0 Å². The van der Waals surface area contributed by atoms with Gasteiger partial charge in [-0.3, -0.25) is 24.0 Å². The monoisotopic (exact) mass is 577 g/mol. The van der Waals surface area contributed by atoms with Gasteiger partial charge in [0, 0.05) is 12.8 Å². The van der Waals surface area contributed by atoms with Gasteiger partial charge in [-0.25, -0.2) is 0 Å². The number of rotatable bonds is 7. The Labute approximate surface area is 247 Å². The van der Waals surface area contributed by atoms with Crippen LogP contribution in [0.1, 0.15) is 52.2 Å². The van der Waals surface area contributed by atoms with Gasteiger partial charge in [0.2, 0.25) is 29.5 Å². The predicted octanol–water partition coefficient (Wildman–Crippen LogP) is 1.63. The molecule has 42 heavy (non-hydrogen) atoms. The summed E-state index contributed by atoms with van der Waals surface area (Å²) >= 11 is 0. The minimum absolute atomic E-state index is 0.0617. The molecule has 2 aromatic carbocycles. The predicted molar refractivity (Wildman–Crippen MR) is 160 cm³/mol. The Morgan fingerprint density at radius 3 is 1.45 bits per heavy atom. The summed E-state index contributed by atoms with van der Waals surface area (Å²) in [5, 5.41) is 13.9. The molecule has 0 aliphatic carbocycles. The molecule has 10 nitrogen and oxygen atoms in total.